The molecule has 0 radical (unpaired) electrons. The van der Waals surface area contributed by atoms with Crippen LogP contribution in [0.25, 0.3) is 5.78 Å². The van der Waals surface area contributed by atoms with Crippen LogP contribution in [-0.2, 0) is 6.42 Å². The molecule has 0 fully saturated rings. The van der Waals surface area contributed by atoms with Crippen LogP contribution in [0, 0.1) is 0 Å². The largest absolute Gasteiger partial charge is 0.459 e. The Balaban J connectivity index is 1.69. The van der Waals surface area contributed by atoms with Gasteiger partial charge in [-0.3, -0.25) is 14.6 Å². The normalized spacial score (nSPS) is 10.9. The molecule has 0 spiro atoms. The van der Waals surface area contributed by atoms with Gasteiger partial charge in [-0.05, 0) is 17.7 Å². The van der Waals surface area contributed by atoms with Crippen molar-refractivity contribution in [2.45, 2.75) is 6.42 Å². The number of nitrogens with one attached hydrogen (secondary N) is 2. The fourth-order valence-electron chi connectivity index (χ4n) is 2.46. The van der Waals surface area contributed by atoms with Crippen molar-refractivity contribution in [3.63, 3.8) is 0 Å². The second-order valence-corrected chi connectivity index (χ2v) is 5.38. The third-order valence-electron chi connectivity index (χ3n) is 3.57. The number of H-pyrrole nitrogens is 1. The van der Waals surface area contributed by atoms with Gasteiger partial charge in [0.1, 0.15) is 5.82 Å². The average molecular weight is 335 g/mol. The van der Waals surface area contributed by atoms with E-state index >= 15 is 0 Å². The first-order valence-electron chi connectivity index (χ1n) is 7.57. The van der Waals surface area contributed by atoms with E-state index in [4.69, 9.17) is 4.42 Å². The molecule has 1 amide bonds. The highest BCUT2D eigenvalue weighted by Crippen LogP contribution is 2.11. The van der Waals surface area contributed by atoms with E-state index in [1.54, 1.807) is 6.07 Å². The van der Waals surface area contributed by atoms with Gasteiger partial charge >= 0.3 is 0 Å². The van der Waals surface area contributed by atoms with Gasteiger partial charge in [-0.25, -0.2) is 0 Å². The lowest BCUT2D eigenvalue weighted by molar-refractivity contribution is 0.0996. The monoisotopic (exact) mass is 335 g/mol. The maximum Gasteiger partial charge on any atom is 0.292 e. The van der Waals surface area contributed by atoms with Crippen molar-refractivity contribution in [1.82, 2.24) is 19.6 Å². The predicted octanol–water partition coefficient (Wildman–Crippen LogP) is 1.85. The van der Waals surface area contributed by atoms with E-state index in [-0.39, 0.29) is 22.9 Å². The van der Waals surface area contributed by atoms with Crippen molar-refractivity contribution in [2.75, 3.05) is 5.32 Å². The molecule has 0 atom stereocenters. The van der Waals surface area contributed by atoms with Gasteiger partial charge in [0.25, 0.3) is 11.5 Å². The number of fused-ring (bicyclic) bond motifs is 1. The van der Waals surface area contributed by atoms with Gasteiger partial charge in [-0.1, -0.05) is 30.3 Å². The molecule has 0 saturated heterocycles. The molecule has 0 aliphatic carbocycles. The quantitative estimate of drug-likeness (QED) is 0.592. The van der Waals surface area contributed by atoms with Crippen molar-refractivity contribution in [3.05, 3.63) is 82.3 Å². The summed E-state index contributed by atoms with van der Waals surface area (Å²) in [6.07, 6.45) is 1.91. The maximum atomic E-state index is 12.1. The first-order chi connectivity index (χ1) is 12.2. The molecule has 8 heteroatoms. The van der Waals surface area contributed by atoms with Crippen LogP contribution in [0.15, 0.2) is 64.0 Å². The molecule has 0 unspecified atom stereocenters. The van der Waals surface area contributed by atoms with Gasteiger partial charge in [-0.2, -0.15) is 9.50 Å². The molecule has 3 aromatic heterocycles. The SMILES string of the molecule is O=C(Nc1cc(=O)[nH]c2nc(Cc3ccccc3)nn12)c1ccco1. The molecular weight excluding hydrogens is 322 g/mol. The number of aromatic nitrogens is 4. The third-order valence-corrected chi connectivity index (χ3v) is 3.57. The molecule has 124 valence electrons. The number of hydrogen-bond acceptors (Lipinski definition) is 5. The predicted molar refractivity (Wildman–Crippen MR) is 89.5 cm³/mol. The van der Waals surface area contributed by atoms with Crippen molar-refractivity contribution < 1.29 is 9.21 Å². The molecule has 25 heavy (non-hydrogen) atoms. The van der Waals surface area contributed by atoms with E-state index < -0.39 is 5.91 Å². The number of carbonyl (C=O) groups is 1. The smallest absolute Gasteiger partial charge is 0.292 e. The van der Waals surface area contributed by atoms with Crippen LogP contribution in [0.3, 0.4) is 0 Å². The molecule has 2 N–H and O–H groups in total. The third kappa shape index (κ3) is 3.05. The molecule has 4 rings (SSSR count). The Morgan fingerprint density at radius 3 is 2.80 bits per heavy atom. The summed E-state index contributed by atoms with van der Waals surface area (Å²) < 4.78 is 6.44. The highest BCUT2D eigenvalue weighted by molar-refractivity contribution is 6.01. The Hall–Kier alpha value is -3.68. The van der Waals surface area contributed by atoms with Crippen molar-refractivity contribution in [2.24, 2.45) is 0 Å². The number of hydrogen-bond donors (Lipinski definition) is 2. The van der Waals surface area contributed by atoms with Gasteiger partial charge in [0.05, 0.1) is 6.26 Å². The second-order valence-electron chi connectivity index (χ2n) is 5.38. The Labute approximate surface area is 141 Å². The zero-order valence-electron chi connectivity index (χ0n) is 13.0. The summed E-state index contributed by atoms with van der Waals surface area (Å²) in [7, 11) is 0. The Morgan fingerprint density at radius 2 is 2.04 bits per heavy atom. The number of carbonyl (C=O) groups excluding carboxylic acids is 1. The van der Waals surface area contributed by atoms with E-state index in [1.165, 1.54) is 22.9 Å². The van der Waals surface area contributed by atoms with Crippen molar-refractivity contribution in [3.8, 4) is 0 Å². The molecule has 4 aromatic rings. The number of aromatic amines is 1. The van der Waals surface area contributed by atoms with Gasteiger partial charge in [0, 0.05) is 12.5 Å². The topological polar surface area (TPSA) is 105 Å². The molecule has 1 aromatic carbocycles. The second kappa shape index (κ2) is 6.08. The number of rotatable bonds is 4. The summed E-state index contributed by atoms with van der Waals surface area (Å²) in [6, 6.07) is 14.1. The van der Waals surface area contributed by atoms with Crippen LogP contribution >= 0.6 is 0 Å². The van der Waals surface area contributed by atoms with Crippen LogP contribution in [0.5, 0.6) is 0 Å². The summed E-state index contributed by atoms with van der Waals surface area (Å²) >= 11 is 0. The van der Waals surface area contributed by atoms with Gasteiger partial charge in [-0.15, -0.1) is 5.10 Å². The van der Waals surface area contributed by atoms with Gasteiger partial charge in [0.2, 0.25) is 5.78 Å². The Kier molecular flexibility index (Phi) is 3.62. The first-order valence-corrected chi connectivity index (χ1v) is 7.57. The number of benzene rings is 1. The van der Waals surface area contributed by atoms with E-state index in [1.807, 2.05) is 30.3 Å². The number of furan rings is 1. The lowest BCUT2D eigenvalue weighted by atomic mass is 10.1. The van der Waals surface area contributed by atoms with E-state index in [0.29, 0.717) is 12.2 Å². The molecule has 0 aliphatic heterocycles. The zero-order valence-corrected chi connectivity index (χ0v) is 13.0. The van der Waals surface area contributed by atoms with Crippen molar-refractivity contribution >= 4 is 17.5 Å². The van der Waals surface area contributed by atoms with E-state index in [0.717, 1.165) is 5.56 Å². The van der Waals surface area contributed by atoms with E-state index in [2.05, 4.69) is 20.4 Å². The van der Waals surface area contributed by atoms with E-state index in [9.17, 15) is 9.59 Å². The van der Waals surface area contributed by atoms with Crippen LogP contribution in [0.2, 0.25) is 0 Å². The summed E-state index contributed by atoms with van der Waals surface area (Å²) in [5.74, 6) is 0.664. The molecule has 8 nitrogen and oxygen atoms in total. The summed E-state index contributed by atoms with van der Waals surface area (Å²) in [6.45, 7) is 0. The lowest BCUT2D eigenvalue weighted by Gasteiger charge is -2.04. The maximum absolute atomic E-state index is 12.1. The molecule has 0 bridgehead atoms. The minimum Gasteiger partial charge on any atom is -0.459 e. The minimum absolute atomic E-state index is 0.137. The fraction of sp³-hybridized carbons (Fsp3) is 0.0588. The highest BCUT2D eigenvalue weighted by Gasteiger charge is 2.14. The van der Waals surface area contributed by atoms with Crippen LogP contribution in [-0.4, -0.2) is 25.5 Å². The van der Waals surface area contributed by atoms with Crippen LogP contribution in [0.4, 0.5) is 5.82 Å². The summed E-state index contributed by atoms with van der Waals surface area (Å²) in [5.41, 5.74) is 0.655. The van der Waals surface area contributed by atoms with Gasteiger partial charge in [0.15, 0.2) is 11.6 Å². The summed E-state index contributed by atoms with van der Waals surface area (Å²) in [5, 5.41) is 6.99. The summed E-state index contributed by atoms with van der Waals surface area (Å²) in [4.78, 5) is 30.9. The highest BCUT2D eigenvalue weighted by atomic mass is 16.3. The number of amides is 1. The Bertz CT molecular complexity index is 1080. The standard InChI is InChI=1S/C17H13N5O3/c23-15-10-14(19-16(24)12-7-4-8-25-12)22-17(20-15)18-13(21-22)9-11-5-2-1-3-6-11/h1-8,10H,9H2,(H,19,24)(H,18,20,21,23). The molecule has 3 heterocycles. The number of nitrogens with zero attached hydrogens (tertiary/aromatic N) is 3. The zero-order chi connectivity index (χ0) is 17.2. The van der Waals surface area contributed by atoms with Crippen molar-refractivity contribution in [1.29, 1.82) is 0 Å². The molecule has 0 saturated carbocycles. The molecule has 0 aliphatic rings. The Morgan fingerprint density at radius 1 is 1.20 bits per heavy atom. The average Bonchev–Trinajstić information content (AvgIpc) is 3.25. The minimum atomic E-state index is -0.475. The van der Waals surface area contributed by atoms with Crippen LogP contribution in [0.1, 0.15) is 21.9 Å². The fourth-order valence-corrected chi connectivity index (χ4v) is 2.46. The van der Waals surface area contributed by atoms with Crippen LogP contribution < -0.4 is 10.9 Å². The lowest BCUT2D eigenvalue weighted by Crippen LogP contribution is -2.18. The van der Waals surface area contributed by atoms with Gasteiger partial charge < -0.3 is 9.73 Å². The molecular formula is C17H13N5O3. The first kappa shape index (κ1) is 14.9. The number of anilines is 1.